The van der Waals surface area contributed by atoms with Crippen LogP contribution in [0.4, 0.5) is 0 Å². The molecule has 30 nitrogen and oxygen atoms in total. The maximum absolute atomic E-state index is 14.6. The highest BCUT2D eigenvalue weighted by Crippen LogP contribution is 2.09. The number of nitrogens with one attached hydrogen (secondary N) is 13. The first-order valence-electron chi connectivity index (χ1n) is 23.1. The summed E-state index contributed by atoms with van der Waals surface area (Å²) in [5.41, 5.74) is 8.34. The van der Waals surface area contributed by atoms with Crippen LogP contribution < -0.4 is 43.0 Å². The fourth-order valence-electron chi connectivity index (χ4n) is 7.25. The number of H-pyrrole nitrogens is 6. The molecular formula is C44H58N20O10. The quantitative estimate of drug-likeness (QED) is 0.0177. The summed E-state index contributed by atoms with van der Waals surface area (Å²) in [6.45, 7) is 1.65. The lowest BCUT2D eigenvalue weighted by Crippen LogP contribution is -2.61. The predicted molar refractivity (Wildman–Crippen MR) is 255 cm³/mol. The Bertz CT molecular complexity index is 2660. The summed E-state index contributed by atoms with van der Waals surface area (Å²) in [7, 11) is 0. The standard InChI is InChI=1S/C44H58N20O10/c1-25(65)52-2-3-73-4-5-74-18-38(66)59-33(7-27-13-47-20-54-27)40(68)61-35(9-29-15-49-22-56-29)42(70)63-37(11-31-17-51-24-58-31)44(72)64-36(10-30-16-50-23-57-30)43(71)62-34(8-28-14-48-21-55-28)41(69)60-32(39(45)67)6-26-12-46-19-53-26/h12-17,19-24,32-37H,2-11,18H2,1H3,(H2,45,67)(H,46,53)(H,47,54)(H,48,55)(H,49,56)(H,50,57)(H,51,58)(H,52,65)(H,59,66)(H,60,69)(H,61,68)(H,62,71)(H,63,70)(H,64,72)/t32-,33-,34-,35-,36-,37-/m0/s1. The SMILES string of the molecule is CC(=O)NCCOCCOCC(=O)N[C@@H](Cc1cnc[nH]1)C(=O)N[C@@H](Cc1cnc[nH]1)C(=O)N[C@@H](Cc1cnc[nH]1)C(=O)N[C@@H](Cc1cnc[nH]1)C(=O)N[C@@H](Cc1cnc[nH]1)C(=O)N[C@@H](Cc1cnc[nH]1)C(N)=O. The second-order valence-corrected chi connectivity index (χ2v) is 16.7. The Labute approximate surface area is 420 Å². The number of amides is 8. The molecule has 394 valence electrons. The van der Waals surface area contributed by atoms with Gasteiger partial charge in [0, 0.05) is 123 Å². The van der Waals surface area contributed by atoms with Crippen molar-refractivity contribution in [1.82, 2.24) is 97.0 Å². The van der Waals surface area contributed by atoms with Gasteiger partial charge in [0.1, 0.15) is 42.9 Å². The van der Waals surface area contributed by atoms with Crippen molar-refractivity contribution < 1.29 is 47.8 Å². The third-order valence-electron chi connectivity index (χ3n) is 10.9. The van der Waals surface area contributed by atoms with Crippen molar-refractivity contribution in [2.75, 3.05) is 33.0 Å². The normalized spacial score (nSPS) is 13.5. The molecule has 0 bridgehead atoms. The van der Waals surface area contributed by atoms with Crippen molar-refractivity contribution in [3.8, 4) is 0 Å². The van der Waals surface area contributed by atoms with E-state index < -0.39 is 84.2 Å². The molecule has 8 amide bonds. The Morgan fingerprint density at radius 3 is 1.00 bits per heavy atom. The minimum atomic E-state index is -1.43. The monoisotopic (exact) mass is 1030 g/mol. The zero-order valence-corrected chi connectivity index (χ0v) is 40.0. The molecule has 0 aliphatic carbocycles. The third kappa shape index (κ3) is 18.0. The molecule has 0 aliphatic rings. The molecule has 15 N–H and O–H groups in total. The molecule has 74 heavy (non-hydrogen) atoms. The minimum absolute atomic E-state index is 0.0281. The smallest absolute Gasteiger partial charge is 0.246 e. The van der Waals surface area contributed by atoms with E-state index in [1.807, 2.05) is 0 Å². The highest BCUT2D eigenvalue weighted by Gasteiger charge is 2.35. The molecule has 0 aliphatic heterocycles. The number of primary amides is 1. The van der Waals surface area contributed by atoms with Crippen LogP contribution in [0.1, 0.15) is 41.1 Å². The van der Waals surface area contributed by atoms with Crippen molar-refractivity contribution in [3.63, 3.8) is 0 Å². The molecule has 0 aromatic carbocycles. The number of aromatic amines is 6. The first-order chi connectivity index (χ1) is 35.8. The van der Waals surface area contributed by atoms with Crippen molar-refractivity contribution in [2.45, 2.75) is 81.7 Å². The van der Waals surface area contributed by atoms with Crippen molar-refractivity contribution >= 4 is 47.3 Å². The van der Waals surface area contributed by atoms with E-state index in [1.54, 1.807) is 0 Å². The molecule has 6 aromatic heterocycles. The van der Waals surface area contributed by atoms with E-state index in [1.165, 1.54) is 82.1 Å². The van der Waals surface area contributed by atoms with Gasteiger partial charge in [-0.25, -0.2) is 29.9 Å². The van der Waals surface area contributed by atoms with Crippen LogP contribution in [0, 0.1) is 0 Å². The Morgan fingerprint density at radius 1 is 0.432 bits per heavy atom. The number of rotatable bonds is 32. The second-order valence-electron chi connectivity index (χ2n) is 16.7. The van der Waals surface area contributed by atoms with E-state index in [9.17, 15) is 38.4 Å². The van der Waals surface area contributed by atoms with Gasteiger partial charge in [0.05, 0.1) is 57.8 Å². The third-order valence-corrected chi connectivity index (χ3v) is 10.9. The summed E-state index contributed by atoms with van der Waals surface area (Å²) in [5, 5.41) is 18.7. The predicted octanol–water partition coefficient (Wildman–Crippen LogP) is -4.66. The molecule has 0 fully saturated rings. The second kappa shape index (κ2) is 28.1. The summed E-state index contributed by atoms with van der Waals surface area (Å²) >= 11 is 0. The van der Waals surface area contributed by atoms with E-state index >= 15 is 0 Å². The van der Waals surface area contributed by atoms with Gasteiger partial charge in [-0.3, -0.25) is 38.4 Å². The summed E-state index contributed by atoms with van der Waals surface area (Å²) in [6.07, 6.45) is 16.2. The van der Waals surface area contributed by atoms with Gasteiger partial charge in [0.15, 0.2) is 0 Å². The molecule has 6 aromatic rings. The first kappa shape index (κ1) is 54.3. The first-order valence-corrected chi connectivity index (χ1v) is 23.1. The highest BCUT2D eigenvalue weighted by molar-refractivity contribution is 5.97. The van der Waals surface area contributed by atoms with Crippen molar-refractivity contribution in [1.29, 1.82) is 0 Å². The Balaban J connectivity index is 1.18. The van der Waals surface area contributed by atoms with Crippen LogP contribution >= 0.6 is 0 Å². The zero-order chi connectivity index (χ0) is 52.7. The lowest BCUT2D eigenvalue weighted by molar-refractivity contribution is -0.135. The maximum Gasteiger partial charge on any atom is 0.246 e. The van der Waals surface area contributed by atoms with Gasteiger partial charge < -0.3 is 82.3 Å². The summed E-state index contributed by atoms with van der Waals surface area (Å²) in [6, 6.07) is -8.06. The van der Waals surface area contributed by atoms with Gasteiger partial charge in [-0.05, 0) is 0 Å². The van der Waals surface area contributed by atoms with E-state index in [2.05, 4.69) is 97.0 Å². The Morgan fingerprint density at radius 2 is 0.716 bits per heavy atom. The molecular weight excluding hydrogens is 969 g/mol. The summed E-state index contributed by atoms with van der Waals surface area (Å²) in [4.78, 5) is 150. The van der Waals surface area contributed by atoms with Crippen molar-refractivity contribution in [3.05, 3.63) is 109 Å². The van der Waals surface area contributed by atoms with Gasteiger partial charge >= 0.3 is 0 Å². The van der Waals surface area contributed by atoms with Crippen molar-refractivity contribution in [2.24, 2.45) is 5.73 Å². The van der Waals surface area contributed by atoms with E-state index in [0.29, 0.717) is 40.7 Å². The number of carbonyl (C=O) groups excluding carboxylic acids is 8. The molecule has 6 heterocycles. The number of hydrogen-bond donors (Lipinski definition) is 14. The highest BCUT2D eigenvalue weighted by atomic mass is 16.5. The van der Waals surface area contributed by atoms with Crippen LogP contribution in [0.15, 0.2) is 75.1 Å². The topological polar surface area (TPSA) is 437 Å². The number of imidazole rings is 6. The van der Waals surface area contributed by atoms with Gasteiger partial charge in [-0.2, -0.15) is 0 Å². The lowest BCUT2D eigenvalue weighted by Gasteiger charge is -2.27. The largest absolute Gasteiger partial charge is 0.377 e. The molecule has 30 heteroatoms. The maximum atomic E-state index is 14.6. The van der Waals surface area contributed by atoms with Crippen LogP contribution in [0.5, 0.6) is 0 Å². The number of nitrogens with two attached hydrogens (primary N) is 1. The molecule has 0 unspecified atom stereocenters. The number of hydrogen-bond acceptors (Lipinski definition) is 16. The zero-order valence-electron chi connectivity index (χ0n) is 40.0. The van der Waals surface area contributed by atoms with E-state index in [0.717, 1.165) is 0 Å². The molecule has 0 saturated heterocycles. The van der Waals surface area contributed by atoms with Gasteiger partial charge in [0.2, 0.25) is 47.3 Å². The fraction of sp³-hybridized carbons (Fsp3) is 0.409. The fourth-order valence-corrected chi connectivity index (χ4v) is 7.25. The van der Waals surface area contributed by atoms with E-state index in [4.69, 9.17) is 15.2 Å². The van der Waals surface area contributed by atoms with Crippen LogP contribution in [0.2, 0.25) is 0 Å². The number of aromatic nitrogens is 12. The number of ether oxygens (including phenoxy) is 2. The molecule has 6 rings (SSSR count). The van der Waals surface area contributed by atoms with Crippen LogP contribution in [0.25, 0.3) is 0 Å². The summed E-state index contributed by atoms with van der Waals surface area (Å²) < 4.78 is 10.8. The number of carbonyl (C=O) groups is 8. The van der Waals surface area contributed by atoms with Gasteiger partial charge in [0.25, 0.3) is 0 Å². The molecule has 0 radical (unpaired) electrons. The Kier molecular flexibility index (Phi) is 20.6. The molecule has 6 atom stereocenters. The van der Waals surface area contributed by atoms with Gasteiger partial charge in [-0.1, -0.05) is 0 Å². The number of nitrogens with zero attached hydrogens (tertiary/aromatic N) is 6. The molecule has 0 saturated carbocycles. The van der Waals surface area contributed by atoms with Gasteiger partial charge in [-0.15, -0.1) is 0 Å². The van der Waals surface area contributed by atoms with Crippen LogP contribution in [-0.4, -0.2) is 176 Å². The molecule has 0 spiro atoms. The lowest BCUT2D eigenvalue weighted by atomic mass is 10.0. The van der Waals surface area contributed by atoms with Crippen LogP contribution in [0.3, 0.4) is 0 Å². The average Bonchev–Trinajstić information content (AvgIpc) is 4.23. The average molecular weight is 1030 g/mol. The minimum Gasteiger partial charge on any atom is -0.377 e. The Hall–Kier alpha value is -9.06. The summed E-state index contributed by atoms with van der Waals surface area (Å²) in [5.74, 6) is -5.80. The van der Waals surface area contributed by atoms with Crippen LogP contribution in [-0.2, 0) is 86.4 Å². The van der Waals surface area contributed by atoms with E-state index in [-0.39, 0.29) is 64.3 Å².